The van der Waals surface area contributed by atoms with E-state index in [2.05, 4.69) is 53.2 Å². The van der Waals surface area contributed by atoms with E-state index in [0.29, 0.717) is 23.9 Å². The zero-order valence-corrected chi connectivity index (χ0v) is 26.7. The van der Waals surface area contributed by atoms with Crippen LogP contribution in [-0.2, 0) is 21.7 Å². The van der Waals surface area contributed by atoms with E-state index in [1.807, 2.05) is 18.2 Å². The quantitative estimate of drug-likeness (QED) is 0.419. The molecule has 0 radical (unpaired) electrons. The summed E-state index contributed by atoms with van der Waals surface area (Å²) in [5.41, 5.74) is 7.74. The van der Waals surface area contributed by atoms with E-state index in [-0.39, 0.29) is 29.7 Å². The Labute approximate surface area is 265 Å². The fourth-order valence-electron chi connectivity index (χ4n) is 8.23. The second-order valence-electron chi connectivity index (χ2n) is 14.4. The van der Waals surface area contributed by atoms with E-state index in [1.54, 1.807) is 10.5 Å². The molecule has 2 saturated heterocycles. The summed E-state index contributed by atoms with van der Waals surface area (Å²) in [7, 11) is 0. The van der Waals surface area contributed by atoms with Gasteiger partial charge in [-0.15, -0.1) is 0 Å². The molecule has 3 heterocycles. The molecule has 3 amide bonds. The van der Waals surface area contributed by atoms with Gasteiger partial charge in [0.1, 0.15) is 6.04 Å². The minimum Gasteiger partial charge on any atom is -0.322 e. The fraction of sp³-hybridized carbons (Fsp3) is 0.528. The molecule has 1 saturated carbocycles. The number of fused-ring (bicyclic) bond motifs is 1. The van der Waals surface area contributed by atoms with Gasteiger partial charge < -0.3 is 4.90 Å². The molecular weight excluding hydrogens is 572 g/mol. The SMILES string of the molecule is CC1(C)CCC(CN2CCN(C3(c4ccc5c(c4)CN(C4CCC(=O)NC4=O)C5=O)CCC3)CC2)=C(c2ccc(Cl)cc2)C1. The Morgan fingerprint density at radius 2 is 1.68 bits per heavy atom. The van der Waals surface area contributed by atoms with Gasteiger partial charge >= 0.3 is 0 Å². The van der Waals surface area contributed by atoms with E-state index in [4.69, 9.17) is 11.6 Å². The second kappa shape index (κ2) is 11.4. The average Bonchev–Trinajstić information content (AvgIpc) is 3.30. The summed E-state index contributed by atoms with van der Waals surface area (Å²) in [4.78, 5) is 44.4. The number of carbonyl (C=O) groups excluding carboxylic acids is 3. The Morgan fingerprint density at radius 1 is 0.932 bits per heavy atom. The van der Waals surface area contributed by atoms with Gasteiger partial charge in [-0.1, -0.05) is 55.3 Å². The standard InChI is InChI=1S/C36H43ClN4O3/c1-35(2)15-12-25(30(21-35)24-4-7-28(37)8-5-24)22-39-16-18-40(19-17-39)36(13-3-14-36)27-6-9-29-26(20-27)23-41(34(29)44)31-10-11-32(42)38-33(31)43/h4-9,20,31H,3,10-19,21-23H2,1-2H3,(H,38,42,43). The van der Waals surface area contributed by atoms with Crippen LogP contribution in [0.25, 0.3) is 5.57 Å². The molecule has 0 spiro atoms. The Hall–Kier alpha value is -3.00. The molecule has 0 aromatic heterocycles. The molecule has 1 N–H and O–H groups in total. The van der Waals surface area contributed by atoms with Gasteiger partial charge in [-0.3, -0.25) is 29.5 Å². The molecule has 1 unspecified atom stereocenters. The van der Waals surface area contributed by atoms with Crippen molar-refractivity contribution < 1.29 is 14.4 Å². The molecular formula is C36H43ClN4O3. The average molecular weight is 615 g/mol. The zero-order chi connectivity index (χ0) is 30.6. The van der Waals surface area contributed by atoms with Gasteiger partial charge in [0.05, 0.1) is 0 Å². The fourth-order valence-corrected chi connectivity index (χ4v) is 8.36. The maximum Gasteiger partial charge on any atom is 0.255 e. The number of allylic oxidation sites excluding steroid dienone is 1. The Balaban J connectivity index is 1.05. The number of benzene rings is 2. The van der Waals surface area contributed by atoms with Crippen LogP contribution >= 0.6 is 11.6 Å². The number of piperidine rings is 1. The highest BCUT2D eigenvalue weighted by Crippen LogP contribution is 2.48. The van der Waals surface area contributed by atoms with E-state index in [1.165, 1.54) is 29.5 Å². The first-order valence-electron chi connectivity index (χ1n) is 16.3. The van der Waals surface area contributed by atoms with Crippen molar-refractivity contribution in [3.63, 3.8) is 0 Å². The molecule has 2 aromatic carbocycles. The smallest absolute Gasteiger partial charge is 0.255 e. The lowest BCUT2D eigenvalue weighted by Gasteiger charge is -2.53. The second-order valence-corrected chi connectivity index (χ2v) is 14.8. The third-order valence-electron chi connectivity index (χ3n) is 11.0. The van der Waals surface area contributed by atoms with E-state index < -0.39 is 6.04 Å². The van der Waals surface area contributed by atoms with Crippen molar-refractivity contribution in [2.45, 2.75) is 83.3 Å². The highest BCUT2D eigenvalue weighted by molar-refractivity contribution is 6.30. The van der Waals surface area contributed by atoms with Gasteiger partial charge in [-0.25, -0.2) is 0 Å². The zero-order valence-electron chi connectivity index (χ0n) is 26.0. The normalized spacial score (nSPS) is 25.6. The molecule has 3 fully saturated rings. The molecule has 7 nitrogen and oxygen atoms in total. The number of halogens is 1. The predicted molar refractivity (Wildman–Crippen MR) is 172 cm³/mol. The van der Waals surface area contributed by atoms with Crippen molar-refractivity contribution in [3.8, 4) is 0 Å². The summed E-state index contributed by atoms with van der Waals surface area (Å²) >= 11 is 6.22. The summed E-state index contributed by atoms with van der Waals surface area (Å²) in [5, 5.41) is 3.19. The first-order valence-corrected chi connectivity index (χ1v) is 16.7. The molecule has 7 rings (SSSR count). The van der Waals surface area contributed by atoms with Crippen LogP contribution in [0.1, 0.15) is 92.3 Å². The summed E-state index contributed by atoms with van der Waals surface area (Å²) in [5.74, 6) is -0.717. The minimum absolute atomic E-state index is 0.0226. The molecule has 1 atom stereocenters. The van der Waals surface area contributed by atoms with E-state index >= 15 is 0 Å². The highest BCUT2D eigenvalue weighted by Gasteiger charge is 2.46. The van der Waals surface area contributed by atoms with Gasteiger partial charge in [0.2, 0.25) is 11.8 Å². The Morgan fingerprint density at radius 3 is 2.36 bits per heavy atom. The molecule has 232 valence electrons. The molecule has 2 aromatic rings. The van der Waals surface area contributed by atoms with Crippen LogP contribution in [-0.4, -0.2) is 71.2 Å². The van der Waals surface area contributed by atoms with E-state index in [9.17, 15) is 14.4 Å². The van der Waals surface area contributed by atoms with Crippen LogP contribution in [0.15, 0.2) is 48.0 Å². The lowest BCUT2D eigenvalue weighted by molar-refractivity contribution is -0.136. The largest absolute Gasteiger partial charge is 0.322 e. The molecule has 0 bridgehead atoms. The maximum atomic E-state index is 13.3. The summed E-state index contributed by atoms with van der Waals surface area (Å²) < 4.78 is 0. The number of piperazine rings is 1. The first kappa shape index (κ1) is 29.7. The lowest BCUT2D eigenvalue weighted by atomic mass is 9.69. The van der Waals surface area contributed by atoms with Crippen LogP contribution in [0, 0.1) is 5.41 Å². The number of hydrogen-bond acceptors (Lipinski definition) is 5. The van der Waals surface area contributed by atoms with Crippen LogP contribution < -0.4 is 5.32 Å². The molecule has 5 aliphatic rings. The lowest BCUT2D eigenvalue weighted by Crippen LogP contribution is -2.58. The summed E-state index contributed by atoms with van der Waals surface area (Å²) in [6.07, 6.45) is 7.63. The van der Waals surface area contributed by atoms with Crippen molar-refractivity contribution in [1.82, 2.24) is 20.0 Å². The first-order chi connectivity index (χ1) is 21.1. The van der Waals surface area contributed by atoms with Crippen LogP contribution in [0.2, 0.25) is 5.02 Å². The van der Waals surface area contributed by atoms with Crippen LogP contribution in [0.4, 0.5) is 0 Å². The number of rotatable bonds is 6. The third kappa shape index (κ3) is 5.41. The number of nitrogens with zero attached hydrogens (tertiary/aromatic N) is 3. The van der Waals surface area contributed by atoms with Gasteiger partial charge in [0.25, 0.3) is 5.91 Å². The summed E-state index contributed by atoms with van der Waals surface area (Å²) in [6.45, 7) is 10.4. The molecule has 2 aliphatic carbocycles. The van der Waals surface area contributed by atoms with Crippen molar-refractivity contribution in [2.24, 2.45) is 5.41 Å². The molecule has 3 aliphatic heterocycles. The highest BCUT2D eigenvalue weighted by atomic mass is 35.5. The Kier molecular flexibility index (Phi) is 7.71. The number of amides is 3. The number of hydrogen-bond donors (Lipinski definition) is 1. The third-order valence-corrected chi connectivity index (χ3v) is 11.3. The number of imide groups is 1. The number of nitrogens with one attached hydrogen (secondary N) is 1. The summed E-state index contributed by atoms with van der Waals surface area (Å²) in [6, 6.07) is 14.2. The monoisotopic (exact) mass is 614 g/mol. The van der Waals surface area contributed by atoms with Crippen LogP contribution in [0.5, 0.6) is 0 Å². The maximum absolute atomic E-state index is 13.3. The molecule has 44 heavy (non-hydrogen) atoms. The van der Waals surface area contributed by atoms with Crippen molar-refractivity contribution in [1.29, 1.82) is 0 Å². The van der Waals surface area contributed by atoms with Crippen LogP contribution in [0.3, 0.4) is 0 Å². The van der Waals surface area contributed by atoms with Crippen molar-refractivity contribution in [3.05, 3.63) is 75.3 Å². The van der Waals surface area contributed by atoms with E-state index in [0.717, 1.165) is 69.0 Å². The van der Waals surface area contributed by atoms with Crippen molar-refractivity contribution in [2.75, 3.05) is 32.7 Å². The molecule has 8 heteroatoms. The predicted octanol–water partition coefficient (Wildman–Crippen LogP) is 5.76. The Bertz CT molecular complexity index is 1520. The van der Waals surface area contributed by atoms with Gasteiger partial charge in [-0.05, 0) is 90.8 Å². The minimum atomic E-state index is -0.577. The topological polar surface area (TPSA) is 73.0 Å². The number of carbonyl (C=O) groups is 3. The van der Waals surface area contributed by atoms with Gasteiger partial charge in [0, 0.05) is 61.8 Å². The van der Waals surface area contributed by atoms with Gasteiger partial charge in [0.15, 0.2) is 0 Å². The van der Waals surface area contributed by atoms with Crippen molar-refractivity contribution >= 4 is 34.9 Å². The van der Waals surface area contributed by atoms with Gasteiger partial charge in [-0.2, -0.15) is 0 Å².